The normalized spacial score (nSPS) is 11.1. The first-order valence-electron chi connectivity index (χ1n) is 4.49. The van der Waals surface area contributed by atoms with Gasteiger partial charge in [0, 0.05) is 0 Å². The minimum absolute atomic E-state index is 0.0346. The van der Waals surface area contributed by atoms with Crippen molar-refractivity contribution in [3.05, 3.63) is 42.0 Å². The lowest BCUT2D eigenvalue weighted by Gasteiger charge is -2.09. The first-order valence-corrected chi connectivity index (χ1v) is 4.49. The van der Waals surface area contributed by atoms with E-state index >= 15 is 0 Å². The Balaban J connectivity index is 2.91. The van der Waals surface area contributed by atoms with Gasteiger partial charge < -0.3 is 15.7 Å². The fourth-order valence-electron chi connectivity index (χ4n) is 1.06. The number of hydrogen-bond acceptors (Lipinski definition) is 3. The van der Waals surface area contributed by atoms with E-state index < -0.39 is 0 Å². The Morgan fingerprint density at radius 2 is 2.20 bits per heavy atom. The molecule has 1 aromatic rings. The summed E-state index contributed by atoms with van der Waals surface area (Å²) < 4.78 is 5.45. The maximum atomic E-state index is 8.58. The highest BCUT2D eigenvalue weighted by Gasteiger charge is 2.06. The van der Waals surface area contributed by atoms with Crippen LogP contribution in [0.1, 0.15) is 12.5 Å². The molecule has 4 heteroatoms. The number of benzene rings is 1. The summed E-state index contributed by atoms with van der Waals surface area (Å²) in [5.74, 6) is 0.614. The molecule has 0 heterocycles. The second-order valence-corrected chi connectivity index (χ2v) is 3.23. The first-order chi connectivity index (χ1) is 7.15. The van der Waals surface area contributed by atoms with Crippen molar-refractivity contribution in [3.63, 3.8) is 0 Å². The van der Waals surface area contributed by atoms with Gasteiger partial charge in [-0.05, 0) is 24.6 Å². The van der Waals surface area contributed by atoms with Crippen molar-refractivity contribution < 1.29 is 9.94 Å². The highest BCUT2D eigenvalue weighted by Crippen LogP contribution is 2.17. The lowest BCUT2D eigenvalue weighted by Crippen LogP contribution is -2.15. The predicted molar refractivity (Wildman–Crippen MR) is 59.3 cm³/mol. The van der Waals surface area contributed by atoms with E-state index in [9.17, 15) is 0 Å². The average Bonchev–Trinajstić information content (AvgIpc) is 2.25. The third-order valence-corrected chi connectivity index (χ3v) is 1.74. The van der Waals surface area contributed by atoms with Crippen molar-refractivity contribution in [2.24, 2.45) is 10.9 Å². The van der Waals surface area contributed by atoms with Gasteiger partial charge in [0.2, 0.25) is 0 Å². The monoisotopic (exact) mass is 206 g/mol. The van der Waals surface area contributed by atoms with E-state index in [1.807, 2.05) is 13.0 Å². The molecule has 15 heavy (non-hydrogen) atoms. The molecule has 1 rings (SSSR count). The van der Waals surface area contributed by atoms with Crippen LogP contribution in [0.3, 0.4) is 0 Å². The van der Waals surface area contributed by atoms with Crippen LogP contribution in [0.4, 0.5) is 0 Å². The van der Waals surface area contributed by atoms with Gasteiger partial charge in [-0.25, -0.2) is 0 Å². The molecule has 0 saturated carbocycles. The van der Waals surface area contributed by atoms with Crippen molar-refractivity contribution in [2.75, 3.05) is 6.61 Å². The van der Waals surface area contributed by atoms with E-state index in [2.05, 4.69) is 11.7 Å². The van der Waals surface area contributed by atoms with Crippen LogP contribution < -0.4 is 10.5 Å². The van der Waals surface area contributed by atoms with Gasteiger partial charge in [-0.2, -0.15) is 0 Å². The second kappa shape index (κ2) is 5.05. The number of amidine groups is 1. The standard InChI is InChI=1S/C11H14N2O2/c1-8(2)7-15-10-6-4-3-5-9(10)11(12)13-14/h3-6,14H,1,7H2,2H3,(H2,12,13). The zero-order valence-corrected chi connectivity index (χ0v) is 8.60. The molecule has 0 saturated heterocycles. The Morgan fingerprint density at radius 3 is 2.80 bits per heavy atom. The molecule has 0 bridgehead atoms. The van der Waals surface area contributed by atoms with Crippen molar-refractivity contribution in [1.29, 1.82) is 0 Å². The van der Waals surface area contributed by atoms with Crippen LogP contribution in [0.2, 0.25) is 0 Å². The van der Waals surface area contributed by atoms with Crippen molar-refractivity contribution in [2.45, 2.75) is 6.92 Å². The van der Waals surface area contributed by atoms with Gasteiger partial charge in [-0.1, -0.05) is 23.9 Å². The summed E-state index contributed by atoms with van der Waals surface area (Å²) in [6, 6.07) is 7.10. The van der Waals surface area contributed by atoms with Crippen LogP contribution in [0.25, 0.3) is 0 Å². The van der Waals surface area contributed by atoms with Crippen LogP contribution in [-0.2, 0) is 0 Å². The van der Waals surface area contributed by atoms with Gasteiger partial charge in [0.25, 0.3) is 0 Å². The molecule has 0 atom stereocenters. The third kappa shape index (κ3) is 3.02. The van der Waals surface area contributed by atoms with Gasteiger partial charge in [0.05, 0.1) is 5.56 Å². The quantitative estimate of drug-likeness (QED) is 0.259. The van der Waals surface area contributed by atoms with E-state index in [-0.39, 0.29) is 5.84 Å². The molecule has 0 unspecified atom stereocenters. The first kappa shape index (κ1) is 11.1. The van der Waals surface area contributed by atoms with Crippen molar-refractivity contribution in [1.82, 2.24) is 0 Å². The number of hydrogen-bond donors (Lipinski definition) is 2. The number of para-hydroxylation sites is 1. The van der Waals surface area contributed by atoms with Crippen molar-refractivity contribution >= 4 is 5.84 Å². The molecule has 0 aliphatic carbocycles. The van der Waals surface area contributed by atoms with Crippen LogP contribution in [0.15, 0.2) is 41.6 Å². The Labute approximate surface area is 88.7 Å². The summed E-state index contributed by atoms with van der Waals surface area (Å²) in [6.45, 7) is 6.01. The lowest BCUT2D eigenvalue weighted by molar-refractivity contribution is 0.317. The van der Waals surface area contributed by atoms with E-state index in [1.54, 1.807) is 18.2 Å². The molecule has 0 radical (unpaired) electrons. The van der Waals surface area contributed by atoms with Crippen LogP contribution in [0, 0.1) is 0 Å². The Morgan fingerprint density at radius 1 is 1.53 bits per heavy atom. The smallest absolute Gasteiger partial charge is 0.173 e. The minimum atomic E-state index is 0.0346. The molecular weight excluding hydrogens is 192 g/mol. The summed E-state index contributed by atoms with van der Waals surface area (Å²) in [5, 5.41) is 11.5. The summed E-state index contributed by atoms with van der Waals surface area (Å²) >= 11 is 0. The molecule has 0 fully saturated rings. The van der Waals surface area contributed by atoms with Crippen LogP contribution in [-0.4, -0.2) is 17.6 Å². The van der Waals surface area contributed by atoms with Crippen LogP contribution >= 0.6 is 0 Å². The van der Waals surface area contributed by atoms with E-state index in [0.29, 0.717) is 17.9 Å². The number of nitrogens with two attached hydrogens (primary N) is 1. The zero-order chi connectivity index (χ0) is 11.3. The highest BCUT2D eigenvalue weighted by molar-refractivity contribution is 5.99. The van der Waals surface area contributed by atoms with Gasteiger partial charge in [-0.3, -0.25) is 0 Å². The highest BCUT2D eigenvalue weighted by atomic mass is 16.5. The molecule has 0 amide bonds. The molecular formula is C11H14N2O2. The van der Waals surface area contributed by atoms with Gasteiger partial charge in [0.15, 0.2) is 5.84 Å². The minimum Gasteiger partial charge on any atom is -0.489 e. The maximum absolute atomic E-state index is 8.58. The average molecular weight is 206 g/mol. The van der Waals surface area contributed by atoms with E-state index in [0.717, 1.165) is 5.57 Å². The summed E-state index contributed by atoms with van der Waals surface area (Å²) in [4.78, 5) is 0. The molecule has 0 aliphatic rings. The molecule has 1 aromatic carbocycles. The van der Waals surface area contributed by atoms with E-state index in [4.69, 9.17) is 15.7 Å². The SMILES string of the molecule is C=C(C)COc1ccccc1/C(N)=N\O. The topological polar surface area (TPSA) is 67.8 Å². The number of rotatable bonds is 4. The van der Waals surface area contributed by atoms with Gasteiger partial charge in [0.1, 0.15) is 12.4 Å². The maximum Gasteiger partial charge on any atom is 0.173 e. The molecule has 80 valence electrons. The Kier molecular flexibility index (Phi) is 3.74. The molecule has 0 spiro atoms. The van der Waals surface area contributed by atoms with Crippen molar-refractivity contribution in [3.8, 4) is 5.75 Å². The summed E-state index contributed by atoms with van der Waals surface area (Å²) in [5.41, 5.74) is 6.98. The summed E-state index contributed by atoms with van der Waals surface area (Å²) in [7, 11) is 0. The van der Waals surface area contributed by atoms with Crippen LogP contribution in [0.5, 0.6) is 5.75 Å². The fraction of sp³-hybridized carbons (Fsp3) is 0.182. The zero-order valence-electron chi connectivity index (χ0n) is 8.60. The Hall–Kier alpha value is -1.97. The second-order valence-electron chi connectivity index (χ2n) is 3.23. The molecule has 0 aromatic heterocycles. The summed E-state index contributed by atoms with van der Waals surface area (Å²) in [6.07, 6.45) is 0. The molecule has 3 N–H and O–H groups in total. The lowest BCUT2D eigenvalue weighted by atomic mass is 10.2. The molecule has 4 nitrogen and oxygen atoms in total. The molecule has 0 aliphatic heterocycles. The number of oxime groups is 1. The largest absolute Gasteiger partial charge is 0.489 e. The number of nitrogens with zero attached hydrogens (tertiary/aromatic N) is 1. The fourth-order valence-corrected chi connectivity index (χ4v) is 1.06. The van der Waals surface area contributed by atoms with Gasteiger partial charge >= 0.3 is 0 Å². The number of ether oxygens (including phenoxy) is 1. The van der Waals surface area contributed by atoms with E-state index in [1.165, 1.54) is 0 Å². The predicted octanol–water partition coefficient (Wildman–Crippen LogP) is 1.74. The Bertz CT molecular complexity index is 386. The third-order valence-electron chi connectivity index (χ3n) is 1.74. The van der Waals surface area contributed by atoms with Gasteiger partial charge in [-0.15, -0.1) is 0 Å².